The Morgan fingerprint density at radius 2 is 1.80 bits per heavy atom. The highest BCUT2D eigenvalue weighted by molar-refractivity contribution is 5.87. The van der Waals surface area contributed by atoms with Crippen LogP contribution in [-0.2, 0) is 0 Å². The largest absolute Gasteiger partial charge is 0.417 e. The van der Waals surface area contributed by atoms with Crippen molar-refractivity contribution < 1.29 is 9.53 Å². The molecule has 0 aliphatic rings. The van der Waals surface area contributed by atoms with Crippen LogP contribution in [0.3, 0.4) is 0 Å². The first-order valence-electron chi connectivity index (χ1n) is 6.38. The molecule has 1 N–H and O–H groups in total. The maximum Gasteiger partial charge on any atom is 0.417 e. The van der Waals surface area contributed by atoms with Gasteiger partial charge in [0, 0.05) is 25.5 Å². The first-order chi connectivity index (χ1) is 9.56. The summed E-state index contributed by atoms with van der Waals surface area (Å²) in [4.78, 5) is 13.8. The number of amides is 1. The SMILES string of the molecule is Cc1cc(N(C)C)ccc1NC(=O)Oc1ccccc1. The zero-order valence-corrected chi connectivity index (χ0v) is 11.9. The average Bonchev–Trinajstić information content (AvgIpc) is 2.42. The quantitative estimate of drug-likeness (QED) is 0.925. The van der Waals surface area contributed by atoms with Crippen molar-refractivity contribution in [1.29, 1.82) is 0 Å². The molecule has 0 unspecified atom stereocenters. The highest BCUT2D eigenvalue weighted by Crippen LogP contribution is 2.21. The second-order valence-electron chi connectivity index (χ2n) is 4.72. The van der Waals surface area contributed by atoms with E-state index in [-0.39, 0.29) is 0 Å². The Morgan fingerprint density at radius 3 is 2.40 bits per heavy atom. The van der Waals surface area contributed by atoms with E-state index in [1.54, 1.807) is 12.1 Å². The standard InChI is InChI=1S/C16H18N2O2/c1-12-11-13(18(2)3)9-10-15(12)17-16(19)20-14-7-5-4-6-8-14/h4-11H,1-3H3,(H,17,19). The Bertz CT molecular complexity index is 595. The molecule has 2 aromatic carbocycles. The van der Waals surface area contributed by atoms with E-state index in [0.29, 0.717) is 5.75 Å². The molecule has 2 aromatic rings. The normalized spacial score (nSPS) is 9.95. The number of benzene rings is 2. The molecule has 1 amide bonds. The van der Waals surface area contributed by atoms with Gasteiger partial charge in [-0.25, -0.2) is 4.79 Å². The summed E-state index contributed by atoms with van der Waals surface area (Å²) in [6, 6.07) is 14.8. The van der Waals surface area contributed by atoms with Crippen molar-refractivity contribution in [3.05, 3.63) is 54.1 Å². The second-order valence-corrected chi connectivity index (χ2v) is 4.72. The third kappa shape index (κ3) is 3.51. The minimum Gasteiger partial charge on any atom is -0.410 e. The Labute approximate surface area is 119 Å². The Hall–Kier alpha value is -2.49. The van der Waals surface area contributed by atoms with Gasteiger partial charge in [0.05, 0.1) is 0 Å². The van der Waals surface area contributed by atoms with Gasteiger partial charge in [-0.3, -0.25) is 5.32 Å². The molecule has 20 heavy (non-hydrogen) atoms. The summed E-state index contributed by atoms with van der Waals surface area (Å²) in [6.07, 6.45) is -0.489. The third-order valence-electron chi connectivity index (χ3n) is 2.92. The number of nitrogens with zero attached hydrogens (tertiary/aromatic N) is 1. The van der Waals surface area contributed by atoms with Crippen LogP contribution in [0, 0.1) is 6.92 Å². The number of hydrogen-bond acceptors (Lipinski definition) is 3. The molecule has 0 radical (unpaired) electrons. The molecular formula is C16H18N2O2. The number of carbonyl (C=O) groups excluding carboxylic acids is 1. The van der Waals surface area contributed by atoms with Gasteiger partial charge in [0.15, 0.2) is 0 Å². The fourth-order valence-corrected chi connectivity index (χ4v) is 1.80. The molecule has 0 bridgehead atoms. The Morgan fingerprint density at radius 1 is 1.10 bits per heavy atom. The van der Waals surface area contributed by atoms with Gasteiger partial charge < -0.3 is 9.64 Å². The van der Waals surface area contributed by atoms with Gasteiger partial charge in [-0.05, 0) is 42.8 Å². The van der Waals surface area contributed by atoms with E-state index in [1.807, 2.05) is 62.3 Å². The van der Waals surface area contributed by atoms with Crippen LogP contribution in [0.2, 0.25) is 0 Å². The summed E-state index contributed by atoms with van der Waals surface area (Å²) >= 11 is 0. The lowest BCUT2D eigenvalue weighted by Gasteiger charge is -2.15. The van der Waals surface area contributed by atoms with E-state index in [1.165, 1.54) is 0 Å². The zero-order valence-electron chi connectivity index (χ0n) is 11.9. The second kappa shape index (κ2) is 6.10. The number of para-hydroxylation sites is 1. The predicted molar refractivity (Wildman–Crippen MR) is 81.6 cm³/mol. The minimum absolute atomic E-state index is 0.489. The number of aryl methyl sites for hydroxylation is 1. The van der Waals surface area contributed by atoms with E-state index in [9.17, 15) is 4.79 Å². The smallest absolute Gasteiger partial charge is 0.410 e. The Kier molecular flexibility index (Phi) is 4.25. The maximum atomic E-state index is 11.8. The van der Waals surface area contributed by atoms with Gasteiger partial charge in [-0.2, -0.15) is 0 Å². The molecule has 0 aliphatic carbocycles. The maximum absolute atomic E-state index is 11.8. The van der Waals surface area contributed by atoms with E-state index in [2.05, 4.69) is 5.32 Å². The number of hydrogen-bond donors (Lipinski definition) is 1. The van der Waals surface area contributed by atoms with Crippen LogP contribution in [0.25, 0.3) is 0 Å². The molecule has 0 spiro atoms. The molecule has 0 atom stereocenters. The zero-order chi connectivity index (χ0) is 14.5. The highest BCUT2D eigenvalue weighted by atomic mass is 16.6. The summed E-state index contributed by atoms with van der Waals surface area (Å²) in [5.41, 5.74) is 2.82. The van der Waals surface area contributed by atoms with E-state index >= 15 is 0 Å². The molecule has 0 saturated heterocycles. The van der Waals surface area contributed by atoms with Crippen LogP contribution in [0.1, 0.15) is 5.56 Å². The van der Waals surface area contributed by atoms with Gasteiger partial charge in [0.1, 0.15) is 5.75 Å². The molecule has 0 saturated carbocycles. The number of ether oxygens (including phenoxy) is 1. The van der Waals surface area contributed by atoms with Crippen molar-refractivity contribution in [3.8, 4) is 5.75 Å². The van der Waals surface area contributed by atoms with Gasteiger partial charge in [0.2, 0.25) is 0 Å². The first kappa shape index (κ1) is 13.9. The van der Waals surface area contributed by atoms with Crippen molar-refractivity contribution in [3.63, 3.8) is 0 Å². The van der Waals surface area contributed by atoms with E-state index in [0.717, 1.165) is 16.9 Å². The van der Waals surface area contributed by atoms with Gasteiger partial charge >= 0.3 is 6.09 Å². The van der Waals surface area contributed by atoms with Gasteiger partial charge in [-0.1, -0.05) is 18.2 Å². The van der Waals surface area contributed by atoms with Crippen molar-refractivity contribution in [2.24, 2.45) is 0 Å². The van der Waals surface area contributed by atoms with E-state index in [4.69, 9.17) is 4.74 Å². The molecule has 0 aliphatic heterocycles. The summed E-state index contributed by atoms with van der Waals surface area (Å²) in [7, 11) is 3.96. The fourth-order valence-electron chi connectivity index (χ4n) is 1.80. The molecule has 104 valence electrons. The molecule has 0 fully saturated rings. The lowest BCUT2D eigenvalue weighted by molar-refractivity contribution is 0.215. The van der Waals surface area contributed by atoms with Crippen molar-refractivity contribution in [1.82, 2.24) is 0 Å². The summed E-state index contributed by atoms with van der Waals surface area (Å²) < 4.78 is 5.19. The third-order valence-corrected chi connectivity index (χ3v) is 2.92. The van der Waals surface area contributed by atoms with Crippen LogP contribution < -0.4 is 15.0 Å². The summed E-state index contributed by atoms with van der Waals surface area (Å²) in [6.45, 7) is 1.95. The van der Waals surface area contributed by atoms with Crippen LogP contribution in [-0.4, -0.2) is 20.2 Å². The van der Waals surface area contributed by atoms with Crippen molar-refractivity contribution in [2.45, 2.75) is 6.92 Å². The molecule has 0 heterocycles. The van der Waals surface area contributed by atoms with Crippen molar-refractivity contribution in [2.75, 3.05) is 24.3 Å². The lowest BCUT2D eigenvalue weighted by Crippen LogP contribution is -2.17. The number of anilines is 2. The fraction of sp³-hybridized carbons (Fsp3) is 0.188. The van der Waals surface area contributed by atoms with Crippen LogP contribution in [0.5, 0.6) is 5.75 Å². The minimum atomic E-state index is -0.489. The predicted octanol–water partition coefficient (Wildman–Crippen LogP) is 3.67. The first-order valence-corrected chi connectivity index (χ1v) is 6.38. The van der Waals surface area contributed by atoms with Crippen LogP contribution >= 0.6 is 0 Å². The van der Waals surface area contributed by atoms with E-state index < -0.39 is 6.09 Å². The number of nitrogens with one attached hydrogen (secondary N) is 1. The monoisotopic (exact) mass is 270 g/mol. The molecule has 4 heteroatoms. The molecular weight excluding hydrogens is 252 g/mol. The number of rotatable bonds is 3. The van der Waals surface area contributed by atoms with Crippen LogP contribution in [0.4, 0.5) is 16.2 Å². The Balaban J connectivity index is 2.05. The van der Waals surface area contributed by atoms with Crippen molar-refractivity contribution >= 4 is 17.5 Å². The average molecular weight is 270 g/mol. The topological polar surface area (TPSA) is 41.6 Å². The van der Waals surface area contributed by atoms with Gasteiger partial charge in [0.25, 0.3) is 0 Å². The lowest BCUT2D eigenvalue weighted by atomic mass is 10.1. The molecule has 4 nitrogen and oxygen atoms in total. The molecule has 2 rings (SSSR count). The molecule has 0 aromatic heterocycles. The number of carbonyl (C=O) groups is 1. The summed E-state index contributed by atoms with van der Waals surface area (Å²) in [5.74, 6) is 0.521. The highest BCUT2D eigenvalue weighted by Gasteiger charge is 2.07. The summed E-state index contributed by atoms with van der Waals surface area (Å²) in [5, 5.41) is 2.75. The van der Waals surface area contributed by atoms with Gasteiger partial charge in [-0.15, -0.1) is 0 Å². The van der Waals surface area contributed by atoms with Crippen LogP contribution in [0.15, 0.2) is 48.5 Å².